The van der Waals surface area contributed by atoms with E-state index < -0.39 is 18.1 Å². The van der Waals surface area contributed by atoms with E-state index in [1.54, 1.807) is 28.2 Å². The van der Waals surface area contributed by atoms with Crippen molar-refractivity contribution in [3.63, 3.8) is 0 Å². The molecule has 0 bridgehead atoms. The average molecular weight is 588 g/mol. The number of hydrogen-bond acceptors (Lipinski definition) is 7. The molecule has 5 atom stereocenters. The highest BCUT2D eigenvalue weighted by molar-refractivity contribution is 5.85. The molecule has 5 N–H and O–H groups in total. The van der Waals surface area contributed by atoms with E-state index in [1.807, 2.05) is 32.0 Å². The van der Waals surface area contributed by atoms with Crippen molar-refractivity contribution in [2.24, 2.45) is 29.4 Å². The molecule has 0 fully saturated rings. The van der Waals surface area contributed by atoms with Crippen molar-refractivity contribution in [3.05, 3.63) is 23.8 Å². The number of ether oxygens (including phenoxy) is 3. The zero-order valence-electron chi connectivity index (χ0n) is 25.7. The molecule has 0 aliphatic rings. The van der Waals surface area contributed by atoms with E-state index in [2.05, 4.69) is 24.5 Å². The molecule has 9 nitrogen and oxygen atoms in total. The van der Waals surface area contributed by atoms with Crippen molar-refractivity contribution in [1.29, 1.82) is 0 Å². The van der Waals surface area contributed by atoms with Crippen LogP contribution in [0.5, 0.6) is 11.5 Å². The van der Waals surface area contributed by atoms with Crippen LogP contribution in [0.1, 0.15) is 65.9 Å². The first-order valence-corrected chi connectivity index (χ1v) is 14.2. The van der Waals surface area contributed by atoms with Crippen LogP contribution in [-0.2, 0) is 20.7 Å². The number of amides is 2. The Morgan fingerprint density at radius 2 is 1.68 bits per heavy atom. The van der Waals surface area contributed by atoms with Gasteiger partial charge in [0.25, 0.3) is 0 Å². The topological polar surface area (TPSA) is 132 Å². The Kier molecular flexibility index (Phi) is 18.9. The molecule has 0 spiro atoms. The van der Waals surface area contributed by atoms with Gasteiger partial charge in [-0.3, -0.25) is 9.59 Å². The summed E-state index contributed by atoms with van der Waals surface area (Å²) in [5.74, 6) is 1.27. The van der Waals surface area contributed by atoms with Crippen molar-refractivity contribution >= 4 is 24.2 Å². The third-order valence-electron chi connectivity index (χ3n) is 7.28. The molecule has 0 aromatic heterocycles. The van der Waals surface area contributed by atoms with Gasteiger partial charge in [0.15, 0.2) is 11.5 Å². The molecule has 40 heavy (non-hydrogen) atoms. The maximum Gasteiger partial charge on any atom is 0.223 e. The number of rotatable bonds is 19. The van der Waals surface area contributed by atoms with Gasteiger partial charge in [0.2, 0.25) is 11.8 Å². The third-order valence-corrected chi connectivity index (χ3v) is 7.28. The number of methoxy groups -OCH3 is 2. The molecule has 0 aliphatic heterocycles. The summed E-state index contributed by atoms with van der Waals surface area (Å²) in [6.07, 6.45) is 1.83. The lowest BCUT2D eigenvalue weighted by atomic mass is 9.80. The monoisotopic (exact) mass is 587 g/mol. The van der Waals surface area contributed by atoms with Gasteiger partial charge in [0, 0.05) is 51.6 Å². The Bertz CT molecular complexity index is 870. The summed E-state index contributed by atoms with van der Waals surface area (Å²) < 4.78 is 16.5. The second kappa shape index (κ2) is 19.9. The quantitative estimate of drug-likeness (QED) is 0.181. The molecule has 2 amide bonds. The van der Waals surface area contributed by atoms with E-state index in [1.165, 1.54) is 0 Å². The lowest BCUT2D eigenvalue weighted by Crippen LogP contribution is -2.45. The zero-order valence-corrected chi connectivity index (χ0v) is 26.5. The number of aliphatic hydroxyl groups excluding tert-OH is 1. The lowest BCUT2D eigenvalue weighted by molar-refractivity contribution is -0.128. The molecule has 0 saturated carbocycles. The largest absolute Gasteiger partial charge is 0.493 e. The summed E-state index contributed by atoms with van der Waals surface area (Å²) in [4.78, 5) is 24.6. The summed E-state index contributed by atoms with van der Waals surface area (Å²) in [7, 11) is 4.87. The van der Waals surface area contributed by atoms with Crippen molar-refractivity contribution in [2.45, 2.75) is 84.9 Å². The minimum atomic E-state index is -0.825. The Hall–Kier alpha value is -2.07. The van der Waals surface area contributed by atoms with Crippen LogP contribution in [0, 0.1) is 23.7 Å². The first-order valence-electron chi connectivity index (χ1n) is 14.2. The minimum Gasteiger partial charge on any atom is -0.493 e. The molecule has 0 unspecified atom stereocenters. The Morgan fingerprint density at radius 1 is 1.00 bits per heavy atom. The van der Waals surface area contributed by atoms with E-state index >= 15 is 0 Å². The van der Waals surface area contributed by atoms with Crippen molar-refractivity contribution in [3.8, 4) is 11.5 Å². The molecule has 232 valence electrons. The number of aliphatic hydroxyl groups is 1. The Morgan fingerprint density at radius 3 is 2.23 bits per heavy atom. The van der Waals surface area contributed by atoms with Crippen LogP contribution in [0.15, 0.2) is 18.2 Å². The van der Waals surface area contributed by atoms with Gasteiger partial charge in [-0.05, 0) is 61.6 Å². The summed E-state index contributed by atoms with van der Waals surface area (Å²) in [5, 5.41) is 16.5. The van der Waals surface area contributed by atoms with Crippen LogP contribution in [-0.4, -0.2) is 69.6 Å². The van der Waals surface area contributed by atoms with E-state index in [-0.39, 0.29) is 54.9 Å². The number of hydrogen-bond donors (Lipinski definition) is 4. The second-order valence-corrected chi connectivity index (χ2v) is 11.2. The molecule has 1 aromatic carbocycles. The van der Waals surface area contributed by atoms with E-state index in [0.717, 1.165) is 18.4 Å². The summed E-state index contributed by atoms with van der Waals surface area (Å²) >= 11 is 0. The van der Waals surface area contributed by atoms with Gasteiger partial charge in [0.05, 0.1) is 19.8 Å². The molecular formula is C30H54ClN3O6. The average Bonchev–Trinajstić information content (AvgIpc) is 2.88. The molecule has 10 heteroatoms. The predicted octanol–water partition coefficient (Wildman–Crippen LogP) is 3.73. The number of carbonyl (C=O) groups excluding carboxylic acids is 2. The second-order valence-electron chi connectivity index (χ2n) is 11.2. The number of nitrogens with two attached hydrogens (primary N) is 1. The van der Waals surface area contributed by atoms with Crippen LogP contribution < -0.4 is 25.8 Å². The zero-order chi connectivity index (χ0) is 29.5. The van der Waals surface area contributed by atoms with Crippen molar-refractivity contribution in [1.82, 2.24) is 10.6 Å². The molecular weight excluding hydrogens is 534 g/mol. The van der Waals surface area contributed by atoms with E-state index in [0.29, 0.717) is 37.1 Å². The number of carbonyl (C=O) groups is 2. The molecule has 0 aliphatic carbocycles. The van der Waals surface area contributed by atoms with Gasteiger partial charge in [-0.1, -0.05) is 33.8 Å². The fourth-order valence-corrected chi connectivity index (χ4v) is 4.64. The van der Waals surface area contributed by atoms with Gasteiger partial charge < -0.3 is 35.7 Å². The van der Waals surface area contributed by atoms with Crippen molar-refractivity contribution < 1.29 is 28.9 Å². The van der Waals surface area contributed by atoms with Crippen LogP contribution >= 0.6 is 12.4 Å². The van der Waals surface area contributed by atoms with Gasteiger partial charge in [0.1, 0.15) is 0 Å². The first-order chi connectivity index (χ1) is 18.4. The van der Waals surface area contributed by atoms with Crippen LogP contribution in [0.3, 0.4) is 0 Å². The molecule has 1 aromatic rings. The number of nitrogens with one attached hydrogen (secondary N) is 2. The highest BCUT2D eigenvalue weighted by Crippen LogP contribution is 2.31. The lowest BCUT2D eigenvalue weighted by Gasteiger charge is -2.30. The van der Waals surface area contributed by atoms with E-state index in [9.17, 15) is 14.7 Å². The smallest absolute Gasteiger partial charge is 0.223 e. The maximum atomic E-state index is 13.0. The Labute approximate surface area is 247 Å². The van der Waals surface area contributed by atoms with Crippen LogP contribution in [0.2, 0.25) is 0 Å². The first kappa shape index (κ1) is 37.9. The fourth-order valence-electron chi connectivity index (χ4n) is 4.64. The van der Waals surface area contributed by atoms with Crippen LogP contribution in [0.25, 0.3) is 0 Å². The predicted molar refractivity (Wildman–Crippen MR) is 162 cm³/mol. The number of benzene rings is 1. The minimum absolute atomic E-state index is 0. The molecule has 0 saturated heterocycles. The molecule has 0 heterocycles. The third kappa shape index (κ3) is 13.5. The van der Waals surface area contributed by atoms with Gasteiger partial charge in [-0.15, -0.1) is 12.4 Å². The standard InChI is InChI=1S/C30H53N3O6.ClH/c1-19(2)23(15-22-10-11-27(38-8)28(16-22)39-13-9-12-37-7)17-25(31)26(34)18-24(20(3)4)30(36)33-21(5)14-29(35)32-6;/h10-11,16,19-21,23-26,34H,9,12-15,17-18,31H2,1-8H3,(H,32,35)(H,33,36);1H/t21-,23+,24+,25+,26+;/m1./s1. The van der Waals surface area contributed by atoms with Gasteiger partial charge in [-0.25, -0.2) is 0 Å². The van der Waals surface area contributed by atoms with Crippen molar-refractivity contribution in [2.75, 3.05) is 34.5 Å². The van der Waals surface area contributed by atoms with E-state index in [4.69, 9.17) is 19.9 Å². The fraction of sp³-hybridized carbons (Fsp3) is 0.733. The van der Waals surface area contributed by atoms with Gasteiger partial charge >= 0.3 is 0 Å². The van der Waals surface area contributed by atoms with Crippen LogP contribution in [0.4, 0.5) is 0 Å². The highest BCUT2D eigenvalue weighted by Gasteiger charge is 2.30. The molecule has 1 rings (SSSR count). The summed E-state index contributed by atoms with van der Waals surface area (Å²) in [5.41, 5.74) is 7.64. The van der Waals surface area contributed by atoms with Gasteiger partial charge in [-0.2, -0.15) is 0 Å². The SMILES string of the molecule is CNC(=O)C[C@@H](C)NC(=O)[C@@H](C[C@H](O)[C@@H](N)C[C@H](Cc1ccc(OC)c(OCCCOC)c1)C(C)C)C(C)C.Cl. The summed E-state index contributed by atoms with van der Waals surface area (Å²) in [6, 6.07) is 5.20. The maximum absolute atomic E-state index is 13.0. The summed E-state index contributed by atoms with van der Waals surface area (Å²) in [6.45, 7) is 11.2. The molecule has 0 radical (unpaired) electrons. The number of halogens is 1. The normalized spacial score (nSPS) is 15.0. The Balaban J connectivity index is 0.0000152. The highest BCUT2D eigenvalue weighted by atomic mass is 35.5.